The maximum absolute atomic E-state index is 12.4. The zero-order valence-corrected chi connectivity index (χ0v) is 16.1. The van der Waals surface area contributed by atoms with Gasteiger partial charge in [-0.05, 0) is 37.8 Å². The van der Waals surface area contributed by atoms with Gasteiger partial charge in [0.2, 0.25) is 5.91 Å². The van der Waals surface area contributed by atoms with E-state index in [9.17, 15) is 4.79 Å². The number of hydrogen-bond acceptors (Lipinski definition) is 4. The Hall–Kier alpha value is -0.0700. The number of halogens is 2. The molecule has 2 atom stereocenters. The van der Waals surface area contributed by atoms with Crippen LogP contribution in [0.25, 0.3) is 0 Å². The van der Waals surface area contributed by atoms with Gasteiger partial charge < -0.3 is 15.0 Å². The van der Waals surface area contributed by atoms with Gasteiger partial charge in [-0.3, -0.25) is 9.69 Å². The van der Waals surface area contributed by atoms with E-state index in [1.807, 2.05) is 0 Å². The minimum absolute atomic E-state index is 0. The molecule has 2 rings (SSSR count). The van der Waals surface area contributed by atoms with E-state index < -0.39 is 0 Å². The van der Waals surface area contributed by atoms with E-state index in [-0.39, 0.29) is 24.8 Å². The summed E-state index contributed by atoms with van der Waals surface area (Å²) in [5, 5.41) is 3.45. The van der Waals surface area contributed by atoms with E-state index in [1.165, 1.54) is 12.8 Å². The van der Waals surface area contributed by atoms with Gasteiger partial charge in [-0.2, -0.15) is 0 Å². The molecule has 0 spiro atoms. The van der Waals surface area contributed by atoms with Gasteiger partial charge >= 0.3 is 0 Å². The van der Waals surface area contributed by atoms with Crippen LogP contribution in [0, 0.1) is 11.8 Å². The summed E-state index contributed by atoms with van der Waals surface area (Å²) in [7, 11) is 1.74. The Labute approximate surface area is 153 Å². The Morgan fingerprint density at radius 2 is 1.96 bits per heavy atom. The van der Waals surface area contributed by atoms with Gasteiger partial charge in [-0.1, -0.05) is 6.92 Å². The van der Waals surface area contributed by atoms with Crippen molar-refractivity contribution in [3.8, 4) is 0 Å². The highest BCUT2D eigenvalue weighted by molar-refractivity contribution is 5.85. The molecule has 0 bridgehead atoms. The van der Waals surface area contributed by atoms with Crippen LogP contribution in [0.3, 0.4) is 0 Å². The second-order valence-corrected chi connectivity index (χ2v) is 6.50. The molecule has 2 saturated heterocycles. The highest BCUT2D eigenvalue weighted by Gasteiger charge is 2.26. The molecular formula is C16H33Cl2N3O2. The molecule has 0 saturated carbocycles. The smallest absolute Gasteiger partial charge is 0.222 e. The standard InChI is InChI=1S/C16H31N3O2.2ClH/c1-14(15-4-3-5-17-13-15)12-16(20)19-8-6-18(7-9-19)10-11-21-2;;/h14-15,17H,3-13H2,1-2H3;2*1H. The van der Waals surface area contributed by atoms with Gasteiger partial charge in [0.1, 0.15) is 0 Å². The molecular weight excluding hydrogens is 337 g/mol. The molecule has 0 aromatic heterocycles. The number of ether oxygens (including phenoxy) is 1. The fraction of sp³-hybridized carbons (Fsp3) is 0.938. The van der Waals surface area contributed by atoms with Crippen molar-refractivity contribution in [2.75, 3.05) is 59.5 Å². The number of methoxy groups -OCH3 is 1. The monoisotopic (exact) mass is 369 g/mol. The van der Waals surface area contributed by atoms with Crippen LogP contribution in [0.4, 0.5) is 0 Å². The van der Waals surface area contributed by atoms with E-state index >= 15 is 0 Å². The third kappa shape index (κ3) is 7.57. The minimum Gasteiger partial charge on any atom is -0.383 e. The average Bonchev–Trinajstić information content (AvgIpc) is 2.54. The number of rotatable bonds is 6. The number of hydrogen-bond donors (Lipinski definition) is 1. The number of nitrogens with one attached hydrogen (secondary N) is 1. The summed E-state index contributed by atoms with van der Waals surface area (Å²) < 4.78 is 5.11. The second kappa shape index (κ2) is 12.3. The number of nitrogens with zero attached hydrogens (tertiary/aromatic N) is 2. The van der Waals surface area contributed by atoms with Gasteiger partial charge in [-0.15, -0.1) is 24.8 Å². The van der Waals surface area contributed by atoms with E-state index in [0.29, 0.717) is 24.2 Å². The third-order valence-electron chi connectivity index (χ3n) is 4.97. The van der Waals surface area contributed by atoms with E-state index in [1.54, 1.807) is 7.11 Å². The van der Waals surface area contributed by atoms with Crippen molar-refractivity contribution in [3.63, 3.8) is 0 Å². The summed E-state index contributed by atoms with van der Waals surface area (Å²) in [5.41, 5.74) is 0. The molecule has 0 aromatic carbocycles. The summed E-state index contributed by atoms with van der Waals surface area (Å²) >= 11 is 0. The van der Waals surface area contributed by atoms with Crippen molar-refractivity contribution in [1.29, 1.82) is 0 Å². The summed E-state index contributed by atoms with van der Waals surface area (Å²) in [4.78, 5) is 16.9. The second-order valence-electron chi connectivity index (χ2n) is 6.50. The topological polar surface area (TPSA) is 44.8 Å². The highest BCUT2D eigenvalue weighted by atomic mass is 35.5. The first-order chi connectivity index (χ1) is 10.2. The maximum atomic E-state index is 12.4. The maximum Gasteiger partial charge on any atom is 0.222 e. The summed E-state index contributed by atoms with van der Waals surface area (Å²) in [5.74, 6) is 1.52. The first-order valence-corrected chi connectivity index (χ1v) is 8.40. The molecule has 1 amide bonds. The van der Waals surface area contributed by atoms with Gasteiger partial charge in [0.25, 0.3) is 0 Å². The van der Waals surface area contributed by atoms with Gasteiger partial charge in [-0.25, -0.2) is 0 Å². The molecule has 2 unspecified atom stereocenters. The van der Waals surface area contributed by atoms with Crippen molar-refractivity contribution in [2.45, 2.75) is 26.2 Å². The van der Waals surface area contributed by atoms with Crippen LogP contribution in [-0.2, 0) is 9.53 Å². The number of carbonyl (C=O) groups is 1. The lowest BCUT2D eigenvalue weighted by Crippen LogP contribution is -2.49. The number of carbonyl (C=O) groups excluding carboxylic acids is 1. The normalized spacial score (nSPS) is 23.6. The molecule has 5 nitrogen and oxygen atoms in total. The van der Waals surface area contributed by atoms with Crippen LogP contribution >= 0.6 is 24.8 Å². The first kappa shape index (κ1) is 22.9. The molecule has 2 heterocycles. The number of piperazine rings is 1. The van der Waals surface area contributed by atoms with Gasteiger partial charge in [0.15, 0.2) is 0 Å². The first-order valence-electron chi connectivity index (χ1n) is 8.40. The predicted molar refractivity (Wildman–Crippen MR) is 98.8 cm³/mol. The van der Waals surface area contributed by atoms with E-state index in [2.05, 4.69) is 22.0 Å². The van der Waals surface area contributed by atoms with Gasteiger partial charge in [0, 0.05) is 46.3 Å². The highest BCUT2D eigenvalue weighted by Crippen LogP contribution is 2.23. The van der Waals surface area contributed by atoms with Crippen molar-refractivity contribution >= 4 is 30.7 Å². The van der Waals surface area contributed by atoms with Crippen molar-refractivity contribution in [2.24, 2.45) is 11.8 Å². The lowest BCUT2D eigenvalue weighted by atomic mass is 9.85. The van der Waals surface area contributed by atoms with Crippen LogP contribution < -0.4 is 5.32 Å². The van der Waals surface area contributed by atoms with Crippen LogP contribution in [0.15, 0.2) is 0 Å². The zero-order valence-electron chi connectivity index (χ0n) is 14.5. The van der Waals surface area contributed by atoms with Crippen molar-refractivity contribution in [3.05, 3.63) is 0 Å². The molecule has 2 aliphatic heterocycles. The third-order valence-corrected chi connectivity index (χ3v) is 4.97. The lowest BCUT2D eigenvalue weighted by molar-refractivity contribution is -0.134. The molecule has 0 radical (unpaired) electrons. The molecule has 0 aromatic rings. The van der Waals surface area contributed by atoms with Crippen LogP contribution in [0.2, 0.25) is 0 Å². The average molecular weight is 370 g/mol. The Kier molecular flexibility index (Phi) is 12.3. The SMILES string of the molecule is COCCN1CCN(C(=O)CC(C)C2CCCNC2)CC1.Cl.Cl. The number of piperidine rings is 1. The fourth-order valence-corrected chi connectivity index (χ4v) is 3.38. The van der Waals surface area contributed by atoms with Crippen molar-refractivity contribution in [1.82, 2.24) is 15.1 Å². The Bertz CT molecular complexity index is 320. The Morgan fingerprint density at radius 1 is 1.26 bits per heavy atom. The zero-order chi connectivity index (χ0) is 15.1. The Morgan fingerprint density at radius 3 is 2.52 bits per heavy atom. The lowest BCUT2D eigenvalue weighted by Gasteiger charge is -2.36. The molecule has 0 aliphatic carbocycles. The Balaban J connectivity index is 0.00000242. The quantitative estimate of drug-likeness (QED) is 0.772. The van der Waals surface area contributed by atoms with Gasteiger partial charge in [0.05, 0.1) is 6.61 Å². The molecule has 7 heteroatoms. The van der Waals surface area contributed by atoms with Crippen molar-refractivity contribution < 1.29 is 9.53 Å². The molecule has 23 heavy (non-hydrogen) atoms. The fourth-order valence-electron chi connectivity index (χ4n) is 3.38. The van der Waals surface area contributed by atoms with Crippen LogP contribution in [0.1, 0.15) is 26.2 Å². The summed E-state index contributed by atoms with van der Waals surface area (Å²) in [6, 6.07) is 0. The molecule has 2 fully saturated rings. The molecule has 138 valence electrons. The largest absolute Gasteiger partial charge is 0.383 e. The number of amides is 1. The molecule has 1 N–H and O–H groups in total. The summed E-state index contributed by atoms with van der Waals surface area (Å²) in [6.07, 6.45) is 3.23. The van der Waals surface area contributed by atoms with E-state index in [0.717, 1.165) is 52.4 Å². The van der Waals surface area contributed by atoms with E-state index in [4.69, 9.17) is 4.74 Å². The summed E-state index contributed by atoms with van der Waals surface area (Å²) in [6.45, 7) is 9.92. The predicted octanol–water partition coefficient (Wildman–Crippen LogP) is 1.65. The van der Waals surface area contributed by atoms with Crippen LogP contribution in [0.5, 0.6) is 0 Å². The minimum atomic E-state index is 0. The van der Waals surface area contributed by atoms with Crippen LogP contribution in [-0.4, -0.2) is 75.2 Å². The molecule has 2 aliphatic rings.